The molecule has 1 saturated carbocycles. The number of furan rings is 1. The third-order valence-corrected chi connectivity index (χ3v) is 4.83. The van der Waals surface area contributed by atoms with Gasteiger partial charge in [-0.25, -0.2) is 0 Å². The fraction of sp³-hybridized carbons (Fsp3) is 0.412. The van der Waals surface area contributed by atoms with E-state index in [1.54, 1.807) is 0 Å². The third kappa shape index (κ3) is 2.99. The SMILES string of the molecule is CC1CC1c1ccc(CN[C@@H](C)c2ccccc2Br)o1. The van der Waals surface area contributed by atoms with E-state index >= 15 is 0 Å². The Bertz CT molecular complexity index is 592. The minimum absolute atomic E-state index is 0.291. The summed E-state index contributed by atoms with van der Waals surface area (Å²) in [6, 6.07) is 12.8. The maximum Gasteiger partial charge on any atom is 0.117 e. The van der Waals surface area contributed by atoms with Crippen molar-refractivity contribution in [2.75, 3.05) is 0 Å². The molecule has 3 rings (SSSR count). The Labute approximate surface area is 128 Å². The van der Waals surface area contributed by atoms with Crippen molar-refractivity contribution >= 4 is 15.9 Å². The van der Waals surface area contributed by atoms with Crippen LogP contribution in [0.25, 0.3) is 0 Å². The van der Waals surface area contributed by atoms with E-state index in [1.807, 2.05) is 6.07 Å². The second kappa shape index (κ2) is 5.74. The number of halogens is 1. The van der Waals surface area contributed by atoms with E-state index in [0.29, 0.717) is 12.0 Å². The lowest BCUT2D eigenvalue weighted by molar-refractivity contribution is 0.430. The minimum atomic E-state index is 0.291. The highest BCUT2D eigenvalue weighted by molar-refractivity contribution is 9.10. The molecule has 0 aliphatic heterocycles. The van der Waals surface area contributed by atoms with Gasteiger partial charge in [0.2, 0.25) is 0 Å². The predicted molar refractivity (Wildman–Crippen MR) is 84.6 cm³/mol. The molecule has 1 aromatic carbocycles. The zero-order valence-corrected chi connectivity index (χ0v) is 13.5. The Morgan fingerprint density at radius 3 is 2.75 bits per heavy atom. The van der Waals surface area contributed by atoms with Gasteiger partial charge in [0.15, 0.2) is 0 Å². The van der Waals surface area contributed by atoms with Gasteiger partial charge in [0, 0.05) is 16.4 Å². The van der Waals surface area contributed by atoms with Crippen LogP contribution in [-0.2, 0) is 6.54 Å². The molecule has 1 aromatic heterocycles. The first-order chi connectivity index (χ1) is 9.65. The van der Waals surface area contributed by atoms with Gasteiger partial charge in [-0.05, 0) is 43.0 Å². The van der Waals surface area contributed by atoms with E-state index in [-0.39, 0.29) is 0 Å². The van der Waals surface area contributed by atoms with Gasteiger partial charge in [0.25, 0.3) is 0 Å². The standard InChI is InChI=1S/C17H20BrNO/c1-11-9-15(11)17-8-7-13(20-17)10-19-12(2)14-5-3-4-6-16(14)18/h3-8,11-12,15,19H,9-10H2,1-2H3/t11?,12-,15?/m0/s1. The molecule has 1 heterocycles. The van der Waals surface area contributed by atoms with E-state index in [4.69, 9.17) is 4.42 Å². The Balaban J connectivity index is 1.59. The summed E-state index contributed by atoms with van der Waals surface area (Å²) in [5, 5.41) is 3.52. The third-order valence-electron chi connectivity index (χ3n) is 4.11. The van der Waals surface area contributed by atoms with E-state index in [1.165, 1.54) is 12.0 Å². The number of rotatable bonds is 5. The Kier molecular flexibility index (Phi) is 3.99. The van der Waals surface area contributed by atoms with Crippen LogP contribution in [0.2, 0.25) is 0 Å². The number of hydrogen-bond acceptors (Lipinski definition) is 2. The van der Waals surface area contributed by atoms with Gasteiger partial charge >= 0.3 is 0 Å². The molecule has 0 spiro atoms. The molecule has 1 fully saturated rings. The average Bonchev–Trinajstić information content (AvgIpc) is 3.00. The number of hydrogen-bond donors (Lipinski definition) is 1. The van der Waals surface area contributed by atoms with E-state index in [0.717, 1.165) is 28.5 Å². The fourth-order valence-electron chi connectivity index (χ4n) is 2.60. The van der Waals surface area contributed by atoms with E-state index in [9.17, 15) is 0 Å². The van der Waals surface area contributed by atoms with Crippen molar-refractivity contribution < 1.29 is 4.42 Å². The maximum absolute atomic E-state index is 5.92. The van der Waals surface area contributed by atoms with Gasteiger partial charge in [-0.1, -0.05) is 41.1 Å². The molecule has 2 aromatic rings. The van der Waals surface area contributed by atoms with Gasteiger partial charge in [-0.3, -0.25) is 0 Å². The quantitative estimate of drug-likeness (QED) is 0.831. The number of nitrogens with one attached hydrogen (secondary N) is 1. The highest BCUT2D eigenvalue weighted by Gasteiger charge is 2.36. The Morgan fingerprint density at radius 2 is 2.05 bits per heavy atom. The van der Waals surface area contributed by atoms with Gasteiger partial charge < -0.3 is 9.73 Å². The smallest absolute Gasteiger partial charge is 0.117 e. The highest BCUT2D eigenvalue weighted by Crippen LogP contribution is 2.47. The van der Waals surface area contributed by atoms with Crippen LogP contribution < -0.4 is 5.32 Å². The molecule has 0 amide bonds. The van der Waals surface area contributed by atoms with E-state index in [2.05, 4.69) is 65.4 Å². The van der Waals surface area contributed by atoms with Crippen molar-refractivity contribution in [2.45, 2.75) is 38.8 Å². The summed E-state index contributed by atoms with van der Waals surface area (Å²) in [5.74, 6) is 3.63. The summed E-state index contributed by atoms with van der Waals surface area (Å²) >= 11 is 3.60. The van der Waals surface area contributed by atoms with Gasteiger partial charge in [0.05, 0.1) is 6.54 Å². The average molecular weight is 334 g/mol. The van der Waals surface area contributed by atoms with Gasteiger partial charge in [0.1, 0.15) is 11.5 Å². The van der Waals surface area contributed by atoms with Crippen LogP contribution >= 0.6 is 15.9 Å². The largest absolute Gasteiger partial charge is 0.464 e. The molecule has 106 valence electrons. The zero-order valence-electron chi connectivity index (χ0n) is 11.9. The van der Waals surface area contributed by atoms with Crippen molar-refractivity contribution in [1.29, 1.82) is 0 Å². The predicted octanol–water partition coefficient (Wildman–Crippen LogP) is 5.02. The van der Waals surface area contributed by atoms with Crippen LogP contribution in [0, 0.1) is 5.92 Å². The van der Waals surface area contributed by atoms with Crippen molar-refractivity contribution in [3.05, 3.63) is 58.0 Å². The number of benzene rings is 1. The summed E-state index contributed by atoms with van der Waals surface area (Å²) in [5.41, 5.74) is 1.27. The Morgan fingerprint density at radius 1 is 1.30 bits per heavy atom. The van der Waals surface area contributed by atoms with Crippen molar-refractivity contribution in [1.82, 2.24) is 5.32 Å². The molecule has 0 bridgehead atoms. The highest BCUT2D eigenvalue weighted by atomic mass is 79.9. The molecule has 3 heteroatoms. The second-order valence-corrected chi connectivity index (χ2v) is 6.60. The molecule has 1 aliphatic carbocycles. The van der Waals surface area contributed by atoms with Crippen LogP contribution in [0.1, 0.15) is 49.3 Å². The summed E-state index contributed by atoms with van der Waals surface area (Å²) < 4.78 is 7.07. The molecule has 20 heavy (non-hydrogen) atoms. The lowest BCUT2D eigenvalue weighted by atomic mass is 10.1. The molecular formula is C17H20BrNO. The molecule has 1 aliphatic rings. The van der Waals surface area contributed by atoms with E-state index < -0.39 is 0 Å². The molecule has 2 nitrogen and oxygen atoms in total. The first kappa shape index (κ1) is 13.9. The van der Waals surface area contributed by atoms with Crippen molar-refractivity contribution in [3.8, 4) is 0 Å². The summed E-state index contributed by atoms with van der Waals surface area (Å²) in [4.78, 5) is 0. The van der Waals surface area contributed by atoms with Crippen molar-refractivity contribution in [3.63, 3.8) is 0 Å². The lowest BCUT2D eigenvalue weighted by Crippen LogP contribution is -2.18. The lowest BCUT2D eigenvalue weighted by Gasteiger charge is -2.14. The monoisotopic (exact) mass is 333 g/mol. The normalized spacial score (nSPS) is 22.8. The summed E-state index contributed by atoms with van der Waals surface area (Å²) in [6.45, 7) is 5.22. The molecular weight excluding hydrogens is 314 g/mol. The maximum atomic E-state index is 5.92. The first-order valence-electron chi connectivity index (χ1n) is 7.21. The molecule has 2 unspecified atom stereocenters. The zero-order chi connectivity index (χ0) is 14.1. The summed E-state index contributed by atoms with van der Waals surface area (Å²) in [7, 11) is 0. The van der Waals surface area contributed by atoms with Crippen molar-refractivity contribution in [2.24, 2.45) is 5.92 Å². The van der Waals surface area contributed by atoms with Crippen LogP contribution in [-0.4, -0.2) is 0 Å². The van der Waals surface area contributed by atoms with Crippen LogP contribution in [0.4, 0.5) is 0 Å². The molecule has 1 N–H and O–H groups in total. The Hall–Kier alpha value is -1.06. The van der Waals surface area contributed by atoms with Crippen LogP contribution in [0.15, 0.2) is 45.3 Å². The second-order valence-electron chi connectivity index (χ2n) is 5.75. The van der Waals surface area contributed by atoms with Gasteiger partial charge in [-0.2, -0.15) is 0 Å². The first-order valence-corrected chi connectivity index (χ1v) is 8.01. The van der Waals surface area contributed by atoms with Crippen LogP contribution in [0.5, 0.6) is 0 Å². The topological polar surface area (TPSA) is 25.2 Å². The molecule has 3 atom stereocenters. The summed E-state index contributed by atoms with van der Waals surface area (Å²) in [6.07, 6.45) is 1.27. The fourth-order valence-corrected chi connectivity index (χ4v) is 3.23. The molecule has 0 saturated heterocycles. The minimum Gasteiger partial charge on any atom is -0.464 e. The molecule has 0 radical (unpaired) electrons. The van der Waals surface area contributed by atoms with Crippen LogP contribution in [0.3, 0.4) is 0 Å². The van der Waals surface area contributed by atoms with Gasteiger partial charge in [-0.15, -0.1) is 0 Å².